The van der Waals surface area contributed by atoms with Crippen molar-refractivity contribution in [2.24, 2.45) is 17.3 Å². The lowest BCUT2D eigenvalue weighted by atomic mass is 9.80. The van der Waals surface area contributed by atoms with Crippen molar-refractivity contribution in [1.82, 2.24) is 10.2 Å². The summed E-state index contributed by atoms with van der Waals surface area (Å²) in [4.78, 5) is 14.5. The molecule has 0 radical (unpaired) electrons. The van der Waals surface area contributed by atoms with Crippen LogP contribution in [-0.4, -0.2) is 37.5 Å². The second-order valence-corrected chi connectivity index (χ2v) is 6.75. The van der Waals surface area contributed by atoms with E-state index in [1.807, 2.05) is 7.05 Å². The van der Waals surface area contributed by atoms with Gasteiger partial charge in [-0.2, -0.15) is 0 Å². The van der Waals surface area contributed by atoms with Crippen LogP contribution in [0.1, 0.15) is 47.0 Å². The van der Waals surface area contributed by atoms with Crippen LogP contribution < -0.4 is 5.32 Å². The van der Waals surface area contributed by atoms with Crippen LogP contribution in [0.25, 0.3) is 0 Å². The molecule has 0 bridgehead atoms. The molecule has 0 saturated carbocycles. The van der Waals surface area contributed by atoms with Crippen molar-refractivity contribution in [3.8, 4) is 0 Å². The molecule has 0 aromatic carbocycles. The van der Waals surface area contributed by atoms with E-state index in [4.69, 9.17) is 0 Å². The fourth-order valence-electron chi connectivity index (χ4n) is 2.43. The smallest absolute Gasteiger partial charge is 0.225 e. The molecular formula is C15H31ClN2O. The third-order valence-corrected chi connectivity index (χ3v) is 4.40. The van der Waals surface area contributed by atoms with Crippen molar-refractivity contribution in [1.29, 1.82) is 0 Å². The average molecular weight is 291 g/mol. The van der Waals surface area contributed by atoms with Crippen molar-refractivity contribution in [3.63, 3.8) is 0 Å². The van der Waals surface area contributed by atoms with Crippen molar-refractivity contribution >= 4 is 18.3 Å². The minimum atomic E-state index is 0. The van der Waals surface area contributed by atoms with E-state index >= 15 is 0 Å². The Hall–Kier alpha value is -0.280. The summed E-state index contributed by atoms with van der Waals surface area (Å²) in [6, 6.07) is 0. The van der Waals surface area contributed by atoms with Gasteiger partial charge in [-0.1, -0.05) is 27.7 Å². The Morgan fingerprint density at radius 3 is 2.26 bits per heavy atom. The fraction of sp³-hybridized carbons (Fsp3) is 0.933. The number of halogens is 1. The van der Waals surface area contributed by atoms with Crippen LogP contribution in [0.4, 0.5) is 0 Å². The molecule has 0 spiro atoms. The summed E-state index contributed by atoms with van der Waals surface area (Å²) >= 11 is 0. The molecule has 1 heterocycles. The number of nitrogens with zero attached hydrogens (tertiary/aromatic N) is 1. The van der Waals surface area contributed by atoms with Crippen LogP contribution >= 0.6 is 12.4 Å². The van der Waals surface area contributed by atoms with E-state index in [9.17, 15) is 4.79 Å². The van der Waals surface area contributed by atoms with Gasteiger partial charge in [0.1, 0.15) is 0 Å². The predicted molar refractivity (Wildman–Crippen MR) is 83.7 cm³/mol. The van der Waals surface area contributed by atoms with E-state index in [1.165, 1.54) is 19.3 Å². The molecule has 3 nitrogen and oxygen atoms in total. The first kappa shape index (κ1) is 18.7. The van der Waals surface area contributed by atoms with Gasteiger partial charge in [-0.3, -0.25) is 4.79 Å². The summed E-state index contributed by atoms with van der Waals surface area (Å²) in [7, 11) is 2.00. The number of carbonyl (C=O) groups excluding carboxylic acids is 1. The summed E-state index contributed by atoms with van der Waals surface area (Å²) in [6.45, 7) is 11.5. The molecule has 1 fully saturated rings. The van der Waals surface area contributed by atoms with Crippen molar-refractivity contribution < 1.29 is 4.79 Å². The standard InChI is InChI=1S/C15H30N2O.ClH/c1-12(15(2,3)4)14(18)17-10-7-13(8-11-17)6-9-16-5;/h12-13,16H,6-11H2,1-5H3;1H. The molecule has 114 valence electrons. The van der Waals surface area contributed by atoms with E-state index in [-0.39, 0.29) is 23.7 Å². The zero-order valence-corrected chi connectivity index (χ0v) is 14.0. The van der Waals surface area contributed by atoms with Gasteiger partial charge >= 0.3 is 0 Å². The van der Waals surface area contributed by atoms with Crippen molar-refractivity contribution in [3.05, 3.63) is 0 Å². The lowest BCUT2D eigenvalue weighted by Crippen LogP contribution is -2.44. The van der Waals surface area contributed by atoms with Gasteiger partial charge < -0.3 is 10.2 Å². The van der Waals surface area contributed by atoms with E-state index in [0.29, 0.717) is 5.91 Å². The van der Waals surface area contributed by atoms with Gasteiger partial charge in [0, 0.05) is 19.0 Å². The summed E-state index contributed by atoms with van der Waals surface area (Å²) in [5.74, 6) is 1.26. The van der Waals surface area contributed by atoms with Crippen LogP contribution in [0.2, 0.25) is 0 Å². The molecule has 0 aromatic heterocycles. The molecule has 19 heavy (non-hydrogen) atoms. The lowest BCUT2D eigenvalue weighted by Gasteiger charge is -2.36. The first-order chi connectivity index (χ1) is 8.36. The Labute approximate surface area is 124 Å². The monoisotopic (exact) mass is 290 g/mol. The topological polar surface area (TPSA) is 32.3 Å². The minimum Gasteiger partial charge on any atom is -0.342 e. The molecule has 1 atom stereocenters. The predicted octanol–water partition coefficient (Wildman–Crippen LogP) is 2.94. The highest BCUT2D eigenvalue weighted by Crippen LogP contribution is 2.29. The SMILES string of the molecule is CNCCC1CCN(C(=O)C(C)C(C)(C)C)CC1.Cl. The Balaban J connectivity index is 0.00000324. The Bertz CT molecular complexity index is 268. The van der Waals surface area contributed by atoms with Crippen molar-refractivity contribution in [2.45, 2.75) is 47.0 Å². The third-order valence-electron chi connectivity index (χ3n) is 4.40. The quantitative estimate of drug-likeness (QED) is 0.863. The maximum Gasteiger partial charge on any atom is 0.225 e. The van der Waals surface area contributed by atoms with Gasteiger partial charge in [-0.25, -0.2) is 0 Å². The molecule has 1 saturated heterocycles. The molecule has 1 unspecified atom stereocenters. The highest BCUT2D eigenvalue weighted by Gasteiger charge is 2.32. The number of piperidine rings is 1. The first-order valence-electron chi connectivity index (χ1n) is 7.29. The van der Waals surface area contributed by atoms with E-state index in [0.717, 1.165) is 25.6 Å². The molecule has 1 amide bonds. The van der Waals surface area contributed by atoms with Gasteiger partial charge in [-0.15, -0.1) is 12.4 Å². The molecule has 1 rings (SSSR count). The highest BCUT2D eigenvalue weighted by molar-refractivity contribution is 5.85. The van der Waals surface area contributed by atoms with Gasteiger partial charge in [0.15, 0.2) is 0 Å². The number of rotatable bonds is 4. The van der Waals surface area contributed by atoms with Crippen LogP contribution in [0, 0.1) is 17.3 Å². The summed E-state index contributed by atoms with van der Waals surface area (Å²) in [5.41, 5.74) is 0.0695. The fourth-order valence-corrected chi connectivity index (χ4v) is 2.43. The maximum atomic E-state index is 12.4. The molecule has 4 heteroatoms. The summed E-state index contributed by atoms with van der Waals surface area (Å²) < 4.78 is 0. The maximum absolute atomic E-state index is 12.4. The molecule has 0 aliphatic carbocycles. The van der Waals surface area contributed by atoms with Gasteiger partial charge in [0.05, 0.1) is 0 Å². The normalized spacial score (nSPS) is 18.9. The molecule has 0 aromatic rings. The van der Waals surface area contributed by atoms with Crippen LogP contribution in [0.3, 0.4) is 0 Å². The van der Waals surface area contributed by atoms with E-state index in [2.05, 4.69) is 37.9 Å². The largest absolute Gasteiger partial charge is 0.342 e. The molecule has 1 aliphatic heterocycles. The number of hydrogen-bond acceptors (Lipinski definition) is 2. The highest BCUT2D eigenvalue weighted by atomic mass is 35.5. The summed E-state index contributed by atoms with van der Waals surface area (Å²) in [6.07, 6.45) is 3.59. The second kappa shape index (κ2) is 8.11. The third kappa shape index (κ3) is 5.70. The van der Waals surface area contributed by atoms with Gasteiger partial charge in [0.2, 0.25) is 5.91 Å². The lowest BCUT2D eigenvalue weighted by molar-refractivity contribution is -0.139. The van der Waals surface area contributed by atoms with Gasteiger partial charge in [0.25, 0.3) is 0 Å². The van der Waals surface area contributed by atoms with Crippen LogP contribution in [0.15, 0.2) is 0 Å². The van der Waals surface area contributed by atoms with Crippen LogP contribution in [0.5, 0.6) is 0 Å². The molecular weight excluding hydrogens is 260 g/mol. The number of carbonyl (C=O) groups is 1. The number of amides is 1. The number of likely N-dealkylation sites (tertiary alicyclic amines) is 1. The number of nitrogens with one attached hydrogen (secondary N) is 1. The van der Waals surface area contributed by atoms with Gasteiger partial charge in [-0.05, 0) is 44.2 Å². The second-order valence-electron chi connectivity index (χ2n) is 6.75. The Morgan fingerprint density at radius 1 is 1.32 bits per heavy atom. The molecule has 1 N–H and O–H groups in total. The summed E-state index contributed by atoms with van der Waals surface area (Å²) in [5, 5.41) is 3.21. The number of hydrogen-bond donors (Lipinski definition) is 1. The zero-order valence-electron chi connectivity index (χ0n) is 13.2. The van der Waals surface area contributed by atoms with Crippen LogP contribution in [-0.2, 0) is 4.79 Å². The Kier molecular flexibility index (Phi) is 7.99. The molecule has 1 aliphatic rings. The average Bonchev–Trinajstić information content (AvgIpc) is 2.34. The van der Waals surface area contributed by atoms with E-state index in [1.54, 1.807) is 0 Å². The zero-order chi connectivity index (χ0) is 13.8. The Morgan fingerprint density at radius 2 is 1.84 bits per heavy atom. The minimum absolute atomic E-state index is 0. The first-order valence-corrected chi connectivity index (χ1v) is 7.29. The van der Waals surface area contributed by atoms with Crippen molar-refractivity contribution in [2.75, 3.05) is 26.7 Å². The van der Waals surface area contributed by atoms with E-state index < -0.39 is 0 Å².